The lowest BCUT2D eigenvalue weighted by Gasteiger charge is -2.31. The third-order valence-electron chi connectivity index (χ3n) is 5.21. The maximum absolute atomic E-state index is 12.7. The van der Waals surface area contributed by atoms with Crippen molar-refractivity contribution < 1.29 is 23.1 Å². The number of amides is 2. The summed E-state index contributed by atoms with van der Waals surface area (Å²) in [5, 5.41) is 15.3. The molecule has 0 unspecified atom stereocenters. The summed E-state index contributed by atoms with van der Waals surface area (Å²) in [4.78, 5) is 20.8. The van der Waals surface area contributed by atoms with Crippen LogP contribution in [0.2, 0.25) is 0 Å². The predicted molar refractivity (Wildman–Crippen MR) is 115 cm³/mol. The molecule has 0 spiro atoms. The molecule has 4 rings (SSSR count). The van der Waals surface area contributed by atoms with E-state index in [2.05, 4.69) is 5.32 Å². The molecule has 10 heteroatoms. The number of urea groups is 1. The summed E-state index contributed by atoms with van der Waals surface area (Å²) in [6, 6.07) is 8.03. The Balaban J connectivity index is 1.36. The number of benzene rings is 1. The van der Waals surface area contributed by atoms with Gasteiger partial charge in [0.1, 0.15) is 0 Å². The lowest BCUT2D eigenvalue weighted by atomic mass is 9.98. The minimum Gasteiger partial charge on any atom is -0.391 e. The lowest BCUT2D eigenvalue weighted by molar-refractivity contribution is -0.137. The molecule has 3 heterocycles. The Morgan fingerprint density at radius 2 is 1.90 bits per heavy atom. The number of aliphatic hydroxyl groups excluding tert-OH is 1. The SMILES string of the molecule is O=C(Nc1ccc(C(F)(F)F)cc1)N1CCC(c2nc(-c3cccs3)c(CO)s2)CC1. The lowest BCUT2D eigenvalue weighted by Crippen LogP contribution is -2.40. The molecule has 0 aliphatic carbocycles. The largest absolute Gasteiger partial charge is 0.416 e. The quantitative estimate of drug-likeness (QED) is 0.510. The number of hydrogen-bond donors (Lipinski definition) is 2. The van der Waals surface area contributed by atoms with Crippen LogP contribution in [0.4, 0.5) is 23.7 Å². The van der Waals surface area contributed by atoms with E-state index in [1.54, 1.807) is 16.2 Å². The fourth-order valence-corrected chi connectivity index (χ4v) is 5.45. The summed E-state index contributed by atoms with van der Waals surface area (Å²) in [7, 11) is 0. The second-order valence-corrected chi connectivity index (χ2v) is 9.29. The van der Waals surface area contributed by atoms with Gasteiger partial charge in [0.25, 0.3) is 0 Å². The van der Waals surface area contributed by atoms with E-state index in [1.807, 2.05) is 17.5 Å². The van der Waals surface area contributed by atoms with Crippen molar-refractivity contribution in [2.75, 3.05) is 18.4 Å². The highest BCUT2D eigenvalue weighted by atomic mass is 32.1. The smallest absolute Gasteiger partial charge is 0.391 e. The predicted octanol–water partition coefficient (Wildman–Crippen LogP) is 5.79. The first kappa shape index (κ1) is 21.8. The van der Waals surface area contributed by atoms with Crippen LogP contribution in [-0.4, -0.2) is 34.1 Å². The van der Waals surface area contributed by atoms with Crippen LogP contribution >= 0.6 is 22.7 Å². The van der Waals surface area contributed by atoms with E-state index in [0.717, 1.165) is 45.4 Å². The van der Waals surface area contributed by atoms with Gasteiger partial charge in [0.15, 0.2) is 0 Å². The van der Waals surface area contributed by atoms with Crippen molar-refractivity contribution >= 4 is 34.4 Å². The zero-order valence-electron chi connectivity index (χ0n) is 16.4. The minimum absolute atomic E-state index is 0.0563. The maximum Gasteiger partial charge on any atom is 0.416 e. The zero-order valence-corrected chi connectivity index (χ0v) is 18.0. The molecule has 2 aromatic heterocycles. The first-order valence-electron chi connectivity index (χ1n) is 9.72. The number of rotatable bonds is 4. The number of piperidine rings is 1. The second kappa shape index (κ2) is 8.97. The van der Waals surface area contributed by atoms with Crippen molar-refractivity contribution in [3.8, 4) is 10.6 Å². The monoisotopic (exact) mass is 467 g/mol. The van der Waals surface area contributed by atoms with Gasteiger partial charge in [-0.25, -0.2) is 9.78 Å². The van der Waals surface area contributed by atoms with Crippen LogP contribution < -0.4 is 5.32 Å². The van der Waals surface area contributed by atoms with Gasteiger partial charge >= 0.3 is 12.2 Å². The molecule has 164 valence electrons. The summed E-state index contributed by atoms with van der Waals surface area (Å²) < 4.78 is 38.0. The molecule has 0 atom stereocenters. The number of aromatic nitrogens is 1. The standard InChI is InChI=1S/C21H20F3N3O2S2/c22-21(23,24)14-3-5-15(6-4-14)25-20(29)27-9-7-13(8-10-27)19-26-18(17(12-28)31-19)16-2-1-11-30-16/h1-6,11,13,28H,7-10,12H2,(H,25,29). The molecular formula is C21H20F3N3O2S2. The van der Waals surface area contributed by atoms with Gasteiger partial charge in [0.2, 0.25) is 0 Å². The molecule has 1 aliphatic rings. The number of carbonyl (C=O) groups is 1. The van der Waals surface area contributed by atoms with Crippen molar-refractivity contribution in [3.05, 3.63) is 57.2 Å². The summed E-state index contributed by atoms with van der Waals surface area (Å²) in [6.45, 7) is 0.998. The fraction of sp³-hybridized carbons (Fsp3) is 0.333. The number of thiazole rings is 1. The Labute approximate surface area is 185 Å². The summed E-state index contributed by atoms with van der Waals surface area (Å²) in [5.41, 5.74) is 0.409. The van der Waals surface area contributed by atoms with Gasteiger partial charge in [-0.05, 0) is 48.6 Å². The number of nitrogens with one attached hydrogen (secondary N) is 1. The molecular weight excluding hydrogens is 447 g/mol. The summed E-state index contributed by atoms with van der Waals surface area (Å²) in [6.07, 6.45) is -2.93. The van der Waals surface area contributed by atoms with Crippen molar-refractivity contribution in [1.29, 1.82) is 0 Å². The normalized spacial score (nSPS) is 15.3. The number of alkyl halides is 3. The number of halogens is 3. The number of nitrogens with zero attached hydrogens (tertiary/aromatic N) is 2. The molecule has 2 amide bonds. The van der Waals surface area contributed by atoms with Crippen molar-refractivity contribution in [3.63, 3.8) is 0 Å². The average molecular weight is 468 g/mol. The van der Waals surface area contributed by atoms with Gasteiger partial charge in [-0.3, -0.25) is 0 Å². The van der Waals surface area contributed by atoms with E-state index in [-0.39, 0.29) is 18.6 Å². The van der Waals surface area contributed by atoms with E-state index in [9.17, 15) is 23.1 Å². The maximum atomic E-state index is 12.7. The van der Waals surface area contributed by atoms with Crippen LogP contribution in [0.15, 0.2) is 41.8 Å². The second-order valence-electron chi connectivity index (χ2n) is 7.23. The topological polar surface area (TPSA) is 65.5 Å². The van der Waals surface area contributed by atoms with Gasteiger partial charge in [-0.15, -0.1) is 22.7 Å². The van der Waals surface area contributed by atoms with E-state index >= 15 is 0 Å². The first-order chi connectivity index (χ1) is 14.8. The molecule has 1 aliphatic heterocycles. The molecule has 31 heavy (non-hydrogen) atoms. The molecule has 0 saturated carbocycles. The molecule has 2 N–H and O–H groups in total. The highest BCUT2D eigenvalue weighted by Gasteiger charge is 2.30. The average Bonchev–Trinajstić information content (AvgIpc) is 3.43. The van der Waals surface area contributed by atoms with Gasteiger partial charge in [-0.2, -0.15) is 13.2 Å². The van der Waals surface area contributed by atoms with Gasteiger partial charge in [0, 0.05) is 24.7 Å². The highest BCUT2D eigenvalue weighted by Crippen LogP contribution is 2.37. The van der Waals surface area contributed by atoms with Gasteiger partial charge in [0.05, 0.1) is 32.6 Å². The highest BCUT2D eigenvalue weighted by molar-refractivity contribution is 7.15. The molecule has 0 bridgehead atoms. The van der Waals surface area contributed by atoms with E-state index in [4.69, 9.17) is 4.98 Å². The van der Waals surface area contributed by atoms with E-state index in [1.165, 1.54) is 23.5 Å². The van der Waals surface area contributed by atoms with Gasteiger partial charge < -0.3 is 15.3 Å². The van der Waals surface area contributed by atoms with E-state index in [0.29, 0.717) is 18.8 Å². The van der Waals surface area contributed by atoms with Crippen LogP contribution in [0.1, 0.15) is 34.2 Å². The van der Waals surface area contributed by atoms with Crippen LogP contribution in [0, 0.1) is 0 Å². The van der Waals surface area contributed by atoms with Gasteiger partial charge in [-0.1, -0.05) is 6.07 Å². The molecule has 3 aromatic rings. The Bertz CT molecular complexity index is 1030. The van der Waals surface area contributed by atoms with Crippen molar-refractivity contribution in [2.24, 2.45) is 0 Å². The number of thiophene rings is 1. The number of anilines is 1. The third kappa shape index (κ3) is 4.91. The number of aliphatic hydroxyl groups is 1. The molecule has 5 nitrogen and oxygen atoms in total. The third-order valence-corrected chi connectivity index (χ3v) is 7.29. The molecule has 1 saturated heterocycles. The Hall–Kier alpha value is -2.43. The molecule has 1 aromatic carbocycles. The van der Waals surface area contributed by atoms with Crippen LogP contribution in [-0.2, 0) is 12.8 Å². The minimum atomic E-state index is -4.40. The van der Waals surface area contributed by atoms with Crippen LogP contribution in [0.3, 0.4) is 0 Å². The molecule has 0 radical (unpaired) electrons. The first-order valence-corrected chi connectivity index (χ1v) is 11.4. The van der Waals surface area contributed by atoms with E-state index < -0.39 is 11.7 Å². The Kier molecular flexibility index (Phi) is 6.31. The van der Waals surface area contributed by atoms with Crippen molar-refractivity contribution in [1.82, 2.24) is 9.88 Å². The Morgan fingerprint density at radius 3 is 2.48 bits per heavy atom. The number of likely N-dealkylation sites (tertiary alicyclic amines) is 1. The molecule has 1 fully saturated rings. The Morgan fingerprint density at radius 1 is 1.19 bits per heavy atom. The summed E-state index contributed by atoms with van der Waals surface area (Å²) >= 11 is 3.10. The number of hydrogen-bond acceptors (Lipinski definition) is 5. The zero-order chi connectivity index (χ0) is 22.0. The fourth-order valence-electron chi connectivity index (χ4n) is 3.53. The van der Waals surface area contributed by atoms with Crippen LogP contribution in [0.25, 0.3) is 10.6 Å². The summed E-state index contributed by atoms with van der Waals surface area (Å²) in [5.74, 6) is 0.208. The van der Waals surface area contributed by atoms with Crippen molar-refractivity contribution in [2.45, 2.75) is 31.5 Å². The van der Waals surface area contributed by atoms with Crippen LogP contribution in [0.5, 0.6) is 0 Å². The number of carbonyl (C=O) groups excluding carboxylic acids is 1.